The van der Waals surface area contributed by atoms with Gasteiger partial charge in [-0.25, -0.2) is 4.79 Å². The van der Waals surface area contributed by atoms with Crippen molar-refractivity contribution in [3.05, 3.63) is 54.6 Å². The van der Waals surface area contributed by atoms with Gasteiger partial charge in [0.1, 0.15) is 0 Å². The van der Waals surface area contributed by atoms with Crippen molar-refractivity contribution in [3.63, 3.8) is 0 Å². The highest BCUT2D eigenvalue weighted by Crippen LogP contribution is 2.22. The summed E-state index contributed by atoms with van der Waals surface area (Å²) in [7, 11) is 0. The third-order valence-electron chi connectivity index (χ3n) is 3.79. The van der Waals surface area contributed by atoms with Crippen molar-refractivity contribution in [1.29, 1.82) is 0 Å². The van der Waals surface area contributed by atoms with E-state index < -0.39 is 0 Å². The van der Waals surface area contributed by atoms with Crippen LogP contribution in [0.2, 0.25) is 0 Å². The van der Waals surface area contributed by atoms with Crippen molar-refractivity contribution in [2.75, 3.05) is 36.0 Å². The van der Waals surface area contributed by atoms with Crippen molar-refractivity contribution in [1.82, 2.24) is 0 Å². The molecule has 1 heterocycles. The monoisotopic (exact) mass is 279 g/mol. The van der Waals surface area contributed by atoms with Crippen LogP contribution in [0.4, 0.5) is 17.1 Å². The first-order valence-electron chi connectivity index (χ1n) is 7.10. The lowest BCUT2D eigenvalue weighted by atomic mass is 10.2. The Bertz CT molecular complexity index is 625. The summed E-state index contributed by atoms with van der Waals surface area (Å²) in [6.07, 6.45) is 1.56. The van der Waals surface area contributed by atoms with E-state index >= 15 is 0 Å². The highest BCUT2D eigenvalue weighted by molar-refractivity contribution is 5.57. The zero-order valence-electron chi connectivity index (χ0n) is 11.8. The van der Waals surface area contributed by atoms with Gasteiger partial charge in [-0.15, -0.1) is 0 Å². The molecule has 1 fully saturated rings. The van der Waals surface area contributed by atoms with Gasteiger partial charge in [-0.2, -0.15) is 4.99 Å². The molecule has 0 aliphatic carbocycles. The van der Waals surface area contributed by atoms with E-state index in [1.807, 2.05) is 30.3 Å². The molecule has 0 aromatic heterocycles. The van der Waals surface area contributed by atoms with E-state index in [0.29, 0.717) is 5.69 Å². The summed E-state index contributed by atoms with van der Waals surface area (Å²) in [5.41, 5.74) is 3.11. The number of rotatable bonds is 3. The summed E-state index contributed by atoms with van der Waals surface area (Å²) in [6.45, 7) is 4.01. The second-order valence-corrected chi connectivity index (χ2v) is 5.03. The predicted octanol–water partition coefficient (Wildman–Crippen LogP) is 2.98. The van der Waals surface area contributed by atoms with Gasteiger partial charge in [-0.3, -0.25) is 0 Å². The number of hydrogen-bond donors (Lipinski definition) is 0. The summed E-state index contributed by atoms with van der Waals surface area (Å²) in [5.74, 6) is 0. The van der Waals surface area contributed by atoms with E-state index in [2.05, 4.69) is 39.1 Å². The van der Waals surface area contributed by atoms with Gasteiger partial charge in [-0.1, -0.05) is 18.2 Å². The maximum Gasteiger partial charge on any atom is 0.240 e. The summed E-state index contributed by atoms with van der Waals surface area (Å²) in [5, 5.41) is 0. The Morgan fingerprint density at radius 3 is 1.81 bits per heavy atom. The molecule has 0 spiro atoms. The van der Waals surface area contributed by atoms with E-state index in [1.165, 1.54) is 11.4 Å². The largest absolute Gasteiger partial charge is 0.368 e. The summed E-state index contributed by atoms with van der Waals surface area (Å²) in [4.78, 5) is 18.6. The number of nitrogens with zero attached hydrogens (tertiary/aromatic N) is 3. The molecule has 3 rings (SSSR count). The number of aliphatic imine (C=N–C) groups is 1. The maximum atomic E-state index is 10.2. The van der Waals surface area contributed by atoms with Crippen molar-refractivity contribution in [2.24, 2.45) is 4.99 Å². The van der Waals surface area contributed by atoms with Crippen LogP contribution in [-0.4, -0.2) is 32.3 Å². The van der Waals surface area contributed by atoms with Crippen LogP contribution in [0.15, 0.2) is 59.6 Å². The molecule has 1 saturated heterocycles. The minimum absolute atomic E-state index is 0.650. The Kier molecular flexibility index (Phi) is 3.99. The number of carbonyl (C=O) groups excluding carboxylic acids is 1. The van der Waals surface area contributed by atoms with Crippen LogP contribution in [0.3, 0.4) is 0 Å². The maximum absolute atomic E-state index is 10.2. The Balaban J connectivity index is 1.64. The number of para-hydroxylation sites is 1. The van der Waals surface area contributed by atoms with Crippen molar-refractivity contribution in [2.45, 2.75) is 0 Å². The molecule has 4 heteroatoms. The molecule has 1 aliphatic heterocycles. The van der Waals surface area contributed by atoms with E-state index in [-0.39, 0.29) is 0 Å². The van der Waals surface area contributed by atoms with Crippen molar-refractivity contribution >= 4 is 23.1 Å². The van der Waals surface area contributed by atoms with Crippen LogP contribution < -0.4 is 9.80 Å². The smallest absolute Gasteiger partial charge is 0.240 e. The second-order valence-electron chi connectivity index (χ2n) is 5.03. The van der Waals surface area contributed by atoms with E-state index in [4.69, 9.17) is 0 Å². The van der Waals surface area contributed by atoms with Gasteiger partial charge in [0.25, 0.3) is 0 Å². The molecular formula is C17H17N3O. The number of benzene rings is 2. The number of piperazine rings is 1. The number of hydrogen-bond acceptors (Lipinski definition) is 4. The van der Waals surface area contributed by atoms with Crippen molar-refractivity contribution in [3.8, 4) is 0 Å². The van der Waals surface area contributed by atoms with Crippen LogP contribution in [-0.2, 0) is 4.79 Å². The van der Waals surface area contributed by atoms with Crippen LogP contribution in [0.1, 0.15) is 0 Å². The van der Waals surface area contributed by atoms with Crippen molar-refractivity contribution < 1.29 is 4.79 Å². The van der Waals surface area contributed by atoms with E-state index in [9.17, 15) is 4.79 Å². The molecule has 0 radical (unpaired) electrons. The predicted molar refractivity (Wildman–Crippen MR) is 85.1 cm³/mol. The van der Waals surface area contributed by atoms with Gasteiger partial charge in [0, 0.05) is 37.6 Å². The molecule has 1 aliphatic rings. The first kappa shape index (κ1) is 13.4. The summed E-state index contributed by atoms with van der Waals surface area (Å²) < 4.78 is 0. The van der Waals surface area contributed by atoms with Gasteiger partial charge in [0.15, 0.2) is 0 Å². The molecular weight excluding hydrogens is 262 g/mol. The molecule has 106 valence electrons. The minimum atomic E-state index is 0.650. The molecule has 4 nitrogen and oxygen atoms in total. The highest BCUT2D eigenvalue weighted by Gasteiger charge is 2.17. The number of isocyanates is 1. The lowest BCUT2D eigenvalue weighted by Crippen LogP contribution is -2.46. The highest BCUT2D eigenvalue weighted by atomic mass is 16.1. The molecule has 0 amide bonds. The van der Waals surface area contributed by atoms with Crippen LogP contribution >= 0.6 is 0 Å². The molecule has 2 aromatic rings. The van der Waals surface area contributed by atoms with Gasteiger partial charge >= 0.3 is 0 Å². The van der Waals surface area contributed by atoms with Gasteiger partial charge in [-0.05, 0) is 36.4 Å². The summed E-state index contributed by atoms with van der Waals surface area (Å²) in [6, 6.07) is 18.2. The molecule has 0 bridgehead atoms. The zero-order valence-corrected chi connectivity index (χ0v) is 11.8. The van der Waals surface area contributed by atoms with Crippen LogP contribution in [0.25, 0.3) is 0 Å². The van der Waals surface area contributed by atoms with Crippen LogP contribution in [0, 0.1) is 0 Å². The number of anilines is 2. The SMILES string of the molecule is O=C=Nc1ccc(N2CCN(c3ccccc3)CC2)cc1. The fourth-order valence-electron chi connectivity index (χ4n) is 2.65. The van der Waals surface area contributed by atoms with E-state index in [0.717, 1.165) is 26.2 Å². The fraction of sp³-hybridized carbons (Fsp3) is 0.235. The fourth-order valence-corrected chi connectivity index (χ4v) is 2.65. The third-order valence-corrected chi connectivity index (χ3v) is 3.79. The first-order chi connectivity index (χ1) is 10.4. The Hall–Kier alpha value is -2.58. The summed E-state index contributed by atoms with van der Waals surface area (Å²) >= 11 is 0. The quantitative estimate of drug-likeness (QED) is 0.640. The average Bonchev–Trinajstić information content (AvgIpc) is 2.57. The molecule has 0 N–H and O–H groups in total. The molecule has 0 atom stereocenters. The topological polar surface area (TPSA) is 35.9 Å². The average molecular weight is 279 g/mol. The zero-order chi connectivity index (χ0) is 14.5. The Labute approximate surface area is 124 Å². The normalized spacial score (nSPS) is 14.7. The van der Waals surface area contributed by atoms with E-state index in [1.54, 1.807) is 6.08 Å². The first-order valence-corrected chi connectivity index (χ1v) is 7.10. The third kappa shape index (κ3) is 3.12. The second kappa shape index (κ2) is 6.25. The van der Waals surface area contributed by atoms with Crippen LogP contribution in [0.5, 0.6) is 0 Å². The molecule has 2 aromatic carbocycles. The molecule has 0 saturated carbocycles. The molecule has 21 heavy (non-hydrogen) atoms. The van der Waals surface area contributed by atoms with Gasteiger partial charge < -0.3 is 9.80 Å². The van der Waals surface area contributed by atoms with Gasteiger partial charge in [0.05, 0.1) is 5.69 Å². The Morgan fingerprint density at radius 1 is 0.762 bits per heavy atom. The van der Waals surface area contributed by atoms with Gasteiger partial charge in [0.2, 0.25) is 6.08 Å². The lowest BCUT2D eigenvalue weighted by molar-refractivity contribution is 0.565. The lowest BCUT2D eigenvalue weighted by Gasteiger charge is -2.37. The minimum Gasteiger partial charge on any atom is -0.368 e. The Morgan fingerprint density at radius 2 is 1.29 bits per heavy atom. The molecule has 0 unspecified atom stereocenters. The standard InChI is InChI=1S/C17H17N3O/c21-14-18-15-6-8-17(9-7-15)20-12-10-19(11-13-20)16-4-2-1-3-5-16/h1-9H,10-13H2.